The van der Waals surface area contributed by atoms with Gasteiger partial charge in [0.25, 0.3) is 0 Å². The minimum Gasteiger partial charge on any atom is -0.449 e. The maximum absolute atomic E-state index is 12.1. The molecule has 0 spiro atoms. The Kier molecular flexibility index (Phi) is 6.88. The summed E-state index contributed by atoms with van der Waals surface area (Å²) in [4.78, 5) is 22.2. The Labute approximate surface area is 165 Å². The van der Waals surface area contributed by atoms with Crippen LogP contribution in [-0.2, 0) is 4.74 Å². The highest BCUT2D eigenvalue weighted by Crippen LogP contribution is 2.35. The van der Waals surface area contributed by atoms with Gasteiger partial charge in [-0.15, -0.1) is 0 Å². The van der Waals surface area contributed by atoms with Crippen LogP contribution in [0.15, 0.2) is 17.3 Å². The topological polar surface area (TPSA) is 70.2 Å². The number of hydrogen-bond donors (Lipinski definition) is 2. The molecular formula is C20H30N4O2S. The molecule has 1 saturated carbocycles. The van der Waals surface area contributed by atoms with E-state index in [2.05, 4.69) is 17.2 Å². The first-order valence-electron chi connectivity index (χ1n) is 9.88. The van der Waals surface area contributed by atoms with Crippen LogP contribution < -0.4 is 10.2 Å². The van der Waals surface area contributed by atoms with Gasteiger partial charge in [-0.2, -0.15) is 0 Å². The molecule has 1 aromatic heterocycles. The normalized spacial score (nSPS) is 15.1. The van der Waals surface area contributed by atoms with Crippen LogP contribution in [0.4, 0.5) is 16.2 Å². The Hall–Kier alpha value is -1.89. The van der Waals surface area contributed by atoms with E-state index in [1.54, 1.807) is 0 Å². The van der Waals surface area contributed by atoms with Gasteiger partial charge in [-0.3, -0.25) is 5.32 Å². The number of amides is 1. The predicted octanol–water partition coefficient (Wildman–Crippen LogP) is 5.40. The summed E-state index contributed by atoms with van der Waals surface area (Å²) in [5.74, 6) is 0. The summed E-state index contributed by atoms with van der Waals surface area (Å²) in [6.45, 7) is 2.51. The van der Waals surface area contributed by atoms with E-state index in [0.29, 0.717) is 11.9 Å². The summed E-state index contributed by atoms with van der Waals surface area (Å²) in [6, 6.07) is 3.96. The number of anilines is 2. The van der Waals surface area contributed by atoms with Gasteiger partial charge in [-0.05, 0) is 31.4 Å². The van der Waals surface area contributed by atoms with Crippen molar-refractivity contribution in [3.05, 3.63) is 12.1 Å². The molecule has 148 valence electrons. The Bertz CT molecular complexity index is 769. The van der Waals surface area contributed by atoms with Crippen molar-refractivity contribution in [3.8, 4) is 0 Å². The third-order valence-electron chi connectivity index (χ3n) is 4.86. The molecule has 1 amide bonds. The van der Waals surface area contributed by atoms with E-state index in [0.717, 1.165) is 40.4 Å². The number of nitrogens with zero attached hydrogens (tertiary/aromatic N) is 2. The van der Waals surface area contributed by atoms with Gasteiger partial charge in [-0.1, -0.05) is 44.4 Å². The number of hydrogen-bond acceptors (Lipinski definition) is 5. The van der Waals surface area contributed by atoms with Crippen LogP contribution in [0.1, 0.15) is 51.9 Å². The first kappa shape index (κ1) is 19.9. The number of fused-ring (bicyclic) bond motifs is 1. The Morgan fingerprint density at radius 1 is 1.33 bits per heavy atom. The van der Waals surface area contributed by atoms with Gasteiger partial charge in [0.2, 0.25) is 0 Å². The number of benzene rings is 1. The summed E-state index contributed by atoms with van der Waals surface area (Å²) >= 11 is 1.85. The summed E-state index contributed by atoms with van der Waals surface area (Å²) in [5, 5.41) is 4.49. The molecule has 0 unspecified atom stereocenters. The van der Waals surface area contributed by atoms with Crippen molar-refractivity contribution in [1.82, 2.24) is 9.97 Å². The molecule has 0 radical (unpaired) electrons. The van der Waals surface area contributed by atoms with Crippen molar-refractivity contribution in [2.45, 2.75) is 62.3 Å². The SMILES string of the molecule is CCCCOC(=O)Nc1cc2[nH]c(SC3CCCCC3)nc2cc1N(C)C. The molecule has 0 aliphatic heterocycles. The van der Waals surface area contributed by atoms with Gasteiger partial charge in [0.1, 0.15) is 0 Å². The van der Waals surface area contributed by atoms with Crippen LogP contribution in [0.5, 0.6) is 0 Å². The van der Waals surface area contributed by atoms with Crippen LogP contribution in [-0.4, -0.2) is 42.0 Å². The van der Waals surface area contributed by atoms with Crippen molar-refractivity contribution < 1.29 is 9.53 Å². The molecule has 1 heterocycles. The third kappa shape index (κ3) is 5.31. The largest absolute Gasteiger partial charge is 0.449 e. The second kappa shape index (κ2) is 9.35. The highest BCUT2D eigenvalue weighted by atomic mass is 32.2. The van der Waals surface area contributed by atoms with Gasteiger partial charge < -0.3 is 14.6 Å². The molecule has 27 heavy (non-hydrogen) atoms. The number of carbonyl (C=O) groups is 1. The smallest absolute Gasteiger partial charge is 0.411 e. The fraction of sp³-hybridized carbons (Fsp3) is 0.600. The van der Waals surface area contributed by atoms with E-state index in [4.69, 9.17) is 9.72 Å². The van der Waals surface area contributed by atoms with Crippen LogP contribution in [0.2, 0.25) is 0 Å². The summed E-state index contributed by atoms with van der Waals surface area (Å²) in [6.07, 6.45) is 7.97. The van der Waals surface area contributed by atoms with Crippen LogP contribution in [0.3, 0.4) is 0 Å². The summed E-state index contributed by atoms with van der Waals surface area (Å²) < 4.78 is 5.24. The second-order valence-corrected chi connectivity index (χ2v) is 8.60. The number of H-pyrrole nitrogens is 1. The van der Waals surface area contributed by atoms with Gasteiger partial charge in [0.05, 0.1) is 29.0 Å². The fourth-order valence-corrected chi connectivity index (χ4v) is 4.55. The number of thioether (sulfide) groups is 1. The fourth-order valence-electron chi connectivity index (χ4n) is 3.34. The molecule has 1 aliphatic carbocycles. The Morgan fingerprint density at radius 3 is 2.81 bits per heavy atom. The molecule has 1 aliphatic rings. The lowest BCUT2D eigenvalue weighted by Crippen LogP contribution is -2.18. The van der Waals surface area contributed by atoms with Crippen molar-refractivity contribution >= 4 is 40.3 Å². The van der Waals surface area contributed by atoms with Gasteiger partial charge in [0.15, 0.2) is 5.16 Å². The maximum Gasteiger partial charge on any atom is 0.411 e. The first-order chi connectivity index (χ1) is 13.1. The molecule has 6 nitrogen and oxygen atoms in total. The van der Waals surface area contributed by atoms with Gasteiger partial charge in [0, 0.05) is 19.3 Å². The standard InChI is InChI=1S/C20H30N4O2S/c1-4-5-11-26-20(25)23-17-12-15-16(13-18(17)24(2)3)22-19(21-15)27-14-9-7-6-8-10-14/h12-14H,4-11H2,1-3H3,(H,21,22)(H,23,25). The predicted molar refractivity (Wildman–Crippen MR) is 113 cm³/mol. The highest BCUT2D eigenvalue weighted by molar-refractivity contribution is 7.99. The molecule has 0 saturated heterocycles. The minimum atomic E-state index is -0.415. The van der Waals surface area contributed by atoms with Crippen LogP contribution in [0.25, 0.3) is 11.0 Å². The molecule has 1 aromatic carbocycles. The van der Waals surface area contributed by atoms with E-state index >= 15 is 0 Å². The highest BCUT2D eigenvalue weighted by Gasteiger charge is 2.18. The monoisotopic (exact) mass is 390 g/mol. The number of aromatic nitrogens is 2. The van der Waals surface area contributed by atoms with Crippen molar-refractivity contribution in [2.75, 3.05) is 30.9 Å². The van der Waals surface area contributed by atoms with Crippen LogP contribution >= 0.6 is 11.8 Å². The summed E-state index contributed by atoms with van der Waals surface area (Å²) in [5.41, 5.74) is 3.49. The summed E-state index contributed by atoms with van der Waals surface area (Å²) in [7, 11) is 3.91. The maximum atomic E-state index is 12.1. The molecule has 2 aromatic rings. The lowest BCUT2D eigenvalue weighted by Gasteiger charge is -2.19. The van der Waals surface area contributed by atoms with Crippen LogP contribution in [0, 0.1) is 0 Å². The van der Waals surface area contributed by atoms with E-state index in [-0.39, 0.29) is 0 Å². The lowest BCUT2D eigenvalue weighted by molar-refractivity contribution is 0.160. The van der Waals surface area contributed by atoms with Gasteiger partial charge in [-0.25, -0.2) is 9.78 Å². The van der Waals surface area contributed by atoms with E-state index in [1.165, 1.54) is 32.1 Å². The third-order valence-corrected chi connectivity index (χ3v) is 6.08. The zero-order valence-electron chi connectivity index (χ0n) is 16.5. The number of ether oxygens (including phenoxy) is 1. The number of aromatic amines is 1. The Morgan fingerprint density at radius 2 is 2.11 bits per heavy atom. The number of imidazole rings is 1. The average molecular weight is 391 g/mol. The molecule has 3 rings (SSSR count). The second-order valence-electron chi connectivity index (χ2n) is 7.32. The molecule has 2 N–H and O–H groups in total. The zero-order chi connectivity index (χ0) is 19.2. The number of unbranched alkanes of at least 4 members (excludes halogenated alkanes) is 1. The van der Waals surface area contributed by atoms with E-state index in [9.17, 15) is 4.79 Å². The van der Waals surface area contributed by atoms with Gasteiger partial charge >= 0.3 is 6.09 Å². The van der Waals surface area contributed by atoms with E-state index in [1.807, 2.05) is 42.9 Å². The molecule has 7 heteroatoms. The van der Waals surface area contributed by atoms with E-state index < -0.39 is 6.09 Å². The molecular weight excluding hydrogens is 360 g/mol. The lowest BCUT2D eigenvalue weighted by atomic mass is 10.0. The van der Waals surface area contributed by atoms with Crippen molar-refractivity contribution in [1.29, 1.82) is 0 Å². The first-order valence-corrected chi connectivity index (χ1v) is 10.8. The van der Waals surface area contributed by atoms with Crippen molar-refractivity contribution in [2.24, 2.45) is 0 Å². The number of carbonyl (C=O) groups excluding carboxylic acids is 1. The minimum absolute atomic E-state index is 0.415. The molecule has 1 fully saturated rings. The quantitative estimate of drug-likeness (QED) is 0.619. The zero-order valence-corrected chi connectivity index (χ0v) is 17.3. The number of rotatable bonds is 7. The molecule has 0 atom stereocenters. The average Bonchev–Trinajstić information content (AvgIpc) is 3.03. The van der Waals surface area contributed by atoms with Crippen molar-refractivity contribution in [3.63, 3.8) is 0 Å². The Balaban J connectivity index is 1.78. The number of nitrogens with one attached hydrogen (secondary N) is 2. The molecule has 0 bridgehead atoms.